The van der Waals surface area contributed by atoms with Crippen LogP contribution in [-0.2, 0) is 0 Å². The van der Waals surface area contributed by atoms with Gasteiger partial charge in [-0.1, -0.05) is 54.6 Å². The number of hydrogen-bond acceptors (Lipinski definition) is 1. The predicted molar refractivity (Wildman–Crippen MR) is 93.3 cm³/mol. The van der Waals surface area contributed by atoms with Gasteiger partial charge in [0.1, 0.15) is 5.83 Å². The van der Waals surface area contributed by atoms with Crippen LogP contribution in [0.5, 0.6) is 0 Å². The van der Waals surface area contributed by atoms with Gasteiger partial charge in [0, 0.05) is 19.0 Å². The van der Waals surface area contributed by atoms with Gasteiger partial charge in [-0.2, -0.15) is 0 Å². The number of likely N-dealkylation sites (tertiary alicyclic amines) is 1. The Labute approximate surface area is 141 Å². The zero-order valence-electron chi connectivity index (χ0n) is 13.4. The smallest absolute Gasteiger partial charge is 0.407 e. The first kappa shape index (κ1) is 16.2. The summed E-state index contributed by atoms with van der Waals surface area (Å²) in [6, 6.07) is 17.8. The number of nitrogens with zero attached hydrogens (tertiary/aromatic N) is 1. The van der Waals surface area contributed by atoms with Gasteiger partial charge in [0.15, 0.2) is 0 Å². The van der Waals surface area contributed by atoms with Crippen LogP contribution in [0.2, 0.25) is 0 Å². The normalized spacial score (nSPS) is 16.2. The lowest BCUT2D eigenvalue weighted by Gasteiger charge is -2.29. The van der Waals surface area contributed by atoms with Crippen LogP contribution < -0.4 is 0 Å². The minimum absolute atomic E-state index is 0.160. The predicted octanol–water partition coefficient (Wildman–Crippen LogP) is 5.05. The molecule has 0 aliphatic carbocycles. The molecule has 4 heteroatoms. The van der Waals surface area contributed by atoms with Gasteiger partial charge >= 0.3 is 6.09 Å². The van der Waals surface area contributed by atoms with Crippen molar-refractivity contribution < 1.29 is 14.3 Å². The molecule has 1 aliphatic heterocycles. The summed E-state index contributed by atoms with van der Waals surface area (Å²) in [4.78, 5) is 12.2. The van der Waals surface area contributed by atoms with E-state index in [1.807, 2.05) is 54.6 Å². The van der Waals surface area contributed by atoms with Gasteiger partial charge in [0.25, 0.3) is 0 Å². The number of benzene rings is 2. The molecule has 0 saturated carbocycles. The summed E-state index contributed by atoms with van der Waals surface area (Å²) in [5, 5.41) is 8.94. The number of allylic oxidation sites excluding steroid dienone is 1. The topological polar surface area (TPSA) is 40.5 Å². The first-order valence-corrected chi connectivity index (χ1v) is 8.14. The first-order chi connectivity index (χ1) is 11.6. The highest BCUT2D eigenvalue weighted by molar-refractivity contribution is 5.66. The molecule has 0 radical (unpaired) electrons. The molecule has 0 bridgehead atoms. The second kappa shape index (κ2) is 7.30. The van der Waals surface area contributed by atoms with Crippen LogP contribution in [0, 0.1) is 5.92 Å². The Kier molecular flexibility index (Phi) is 4.94. The number of rotatable bonds is 3. The van der Waals surface area contributed by atoms with Crippen LogP contribution in [0.3, 0.4) is 0 Å². The van der Waals surface area contributed by atoms with Crippen molar-refractivity contribution in [1.82, 2.24) is 4.90 Å². The Morgan fingerprint density at radius 3 is 2.17 bits per heavy atom. The molecule has 1 aliphatic rings. The van der Waals surface area contributed by atoms with Crippen LogP contribution in [0.4, 0.5) is 9.18 Å². The molecule has 0 atom stereocenters. The summed E-state index contributed by atoms with van der Waals surface area (Å²) in [5.41, 5.74) is 3.06. The number of carboxylic acid groups (broad SMARTS) is 1. The molecule has 2 aromatic rings. The molecule has 1 saturated heterocycles. The van der Waals surface area contributed by atoms with E-state index in [1.54, 1.807) is 6.08 Å². The summed E-state index contributed by atoms with van der Waals surface area (Å²) in [5.74, 6) is -0.345. The lowest BCUT2D eigenvalue weighted by atomic mass is 9.94. The molecule has 1 amide bonds. The zero-order valence-corrected chi connectivity index (χ0v) is 13.4. The Balaban J connectivity index is 1.67. The van der Waals surface area contributed by atoms with Crippen LogP contribution in [0.1, 0.15) is 18.4 Å². The van der Waals surface area contributed by atoms with Gasteiger partial charge < -0.3 is 10.0 Å². The SMILES string of the molecule is O=C(O)N1CCC(/C(F)=C/c2ccc(-c3ccccc3)cc2)CC1. The Morgan fingerprint density at radius 2 is 1.58 bits per heavy atom. The molecule has 1 N–H and O–H groups in total. The van der Waals surface area contributed by atoms with Crippen molar-refractivity contribution in [3.05, 3.63) is 66.0 Å². The fraction of sp³-hybridized carbons (Fsp3) is 0.250. The molecule has 0 unspecified atom stereocenters. The largest absolute Gasteiger partial charge is 0.465 e. The van der Waals surface area contributed by atoms with E-state index in [1.165, 1.54) is 4.90 Å². The van der Waals surface area contributed by atoms with Crippen LogP contribution in [0.15, 0.2) is 60.4 Å². The third-order valence-electron chi connectivity index (χ3n) is 4.48. The molecule has 0 spiro atoms. The van der Waals surface area contributed by atoms with Gasteiger partial charge in [-0.3, -0.25) is 0 Å². The van der Waals surface area contributed by atoms with E-state index in [0.717, 1.165) is 16.7 Å². The highest BCUT2D eigenvalue weighted by atomic mass is 19.1. The number of hydrogen-bond donors (Lipinski definition) is 1. The van der Waals surface area contributed by atoms with Crippen molar-refractivity contribution in [2.75, 3.05) is 13.1 Å². The number of halogens is 1. The van der Waals surface area contributed by atoms with Gasteiger partial charge in [-0.05, 0) is 35.6 Å². The van der Waals surface area contributed by atoms with Crippen LogP contribution in [-0.4, -0.2) is 29.2 Å². The van der Waals surface area contributed by atoms with Gasteiger partial charge in [0.05, 0.1) is 0 Å². The van der Waals surface area contributed by atoms with Crippen molar-refractivity contribution in [2.45, 2.75) is 12.8 Å². The van der Waals surface area contributed by atoms with E-state index in [4.69, 9.17) is 5.11 Å². The molecule has 1 heterocycles. The maximum Gasteiger partial charge on any atom is 0.407 e. The van der Waals surface area contributed by atoms with Crippen molar-refractivity contribution in [2.24, 2.45) is 5.92 Å². The maximum atomic E-state index is 14.4. The average Bonchev–Trinajstić information content (AvgIpc) is 2.63. The van der Waals surface area contributed by atoms with E-state index in [-0.39, 0.29) is 11.7 Å². The average molecular weight is 325 g/mol. The maximum absolute atomic E-state index is 14.4. The highest BCUT2D eigenvalue weighted by Crippen LogP contribution is 2.28. The number of piperidine rings is 1. The Bertz CT molecular complexity index is 717. The summed E-state index contributed by atoms with van der Waals surface area (Å²) in [6.07, 6.45) is 1.72. The Hall–Kier alpha value is -2.62. The van der Waals surface area contributed by atoms with E-state index >= 15 is 0 Å². The summed E-state index contributed by atoms with van der Waals surface area (Å²) in [7, 11) is 0. The van der Waals surface area contributed by atoms with E-state index in [2.05, 4.69) is 0 Å². The second-order valence-electron chi connectivity index (χ2n) is 6.06. The highest BCUT2D eigenvalue weighted by Gasteiger charge is 2.24. The molecule has 3 rings (SSSR count). The molecule has 3 nitrogen and oxygen atoms in total. The lowest BCUT2D eigenvalue weighted by molar-refractivity contribution is 0.126. The molecular weight excluding hydrogens is 305 g/mol. The third kappa shape index (κ3) is 3.82. The first-order valence-electron chi connectivity index (χ1n) is 8.14. The standard InChI is InChI=1S/C20H20FNO2/c21-19(18-10-12-22(13-11-18)20(23)24)14-15-6-8-17(9-7-15)16-4-2-1-3-5-16/h1-9,14,18H,10-13H2,(H,23,24)/b19-14-. The van der Waals surface area contributed by atoms with Crippen molar-refractivity contribution in [1.29, 1.82) is 0 Å². The van der Waals surface area contributed by atoms with E-state index in [9.17, 15) is 9.18 Å². The van der Waals surface area contributed by atoms with Crippen molar-refractivity contribution in [3.8, 4) is 11.1 Å². The second-order valence-corrected chi connectivity index (χ2v) is 6.06. The molecule has 24 heavy (non-hydrogen) atoms. The summed E-state index contributed by atoms with van der Waals surface area (Å²) in [6.45, 7) is 0.794. The van der Waals surface area contributed by atoms with E-state index < -0.39 is 6.09 Å². The van der Waals surface area contributed by atoms with Gasteiger partial charge in [-0.25, -0.2) is 9.18 Å². The van der Waals surface area contributed by atoms with Crippen molar-refractivity contribution >= 4 is 12.2 Å². The van der Waals surface area contributed by atoms with E-state index in [0.29, 0.717) is 25.9 Å². The summed E-state index contributed by atoms with van der Waals surface area (Å²) >= 11 is 0. The molecule has 0 aromatic heterocycles. The minimum Gasteiger partial charge on any atom is -0.465 e. The Morgan fingerprint density at radius 1 is 1.00 bits per heavy atom. The molecule has 1 fully saturated rings. The molecular formula is C20H20FNO2. The fourth-order valence-corrected chi connectivity index (χ4v) is 3.03. The number of carbonyl (C=O) groups is 1. The molecule has 124 valence electrons. The zero-order chi connectivity index (χ0) is 16.9. The lowest BCUT2D eigenvalue weighted by Crippen LogP contribution is -2.37. The monoisotopic (exact) mass is 325 g/mol. The van der Waals surface area contributed by atoms with Crippen LogP contribution >= 0.6 is 0 Å². The van der Waals surface area contributed by atoms with Gasteiger partial charge in [-0.15, -0.1) is 0 Å². The molecule has 2 aromatic carbocycles. The van der Waals surface area contributed by atoms with Crippen molar-refractivity contribution in [3.63, 3.8) is 0 Å². The fourth-order valence-electron chi connectivity index (χ4n) is 3.03. The third-order valence-corrected chi connectivity index (χ3v) is 4.48. The van der Waals surface area contributed by atoms with Crippen LogP contribution in [0.25, 0.3) is 17.2 Å². The summed E-state index contributed by atoms with van der Waals surface area (Å²) < 4.78 is 14.4. The number of amides is 1. The minimum atomic E-state index is -0.922. The quantitative estimate of drug-likeness (QED) is 0.857. The van der Waals surface area contributed by atoms with Gasteiger partial charge in [0.2, 0.25) is 0 Å².